The fraction of sp³-hybridized carbons (Fsp3) is 0.500. The highest BCUT2D eigenvalue weighted by Crippen LogP contribution is 2.29. The first-order valence-corrected chi connectivity index (χ1v) is 7.24. The van der Waals surface area contributed by atoms with Crippen molar-refractivity contribution in [3.63, 3.8) is 0 Å². The predicted molar refractivity (Wildman–Crippen MR) is 71.6 cm³/mol. The first kappa shape index (κ1) is 12.7. The Labute approximate surface area is 109 Å². The summed E-state index contributed by atoms with van der Waals surface area (Å²) in [4.78, 5) is 9.60. The molecule has 1 unspecified atom stereocenters. The van der Waals surface area contributed by atoms with Crippen molar-refractivity contribution in [1.29, 1.82) is 0 Å². The maximum Gasteiger partial charge on any atom is 0.102 e. The lowest BCUT2D eigenvalue weighted by molar-refractivity contribution is 0.175. The summed E-state index contributed by atoms with van der Waals surface area (Å²) in [5.41, 5.74) is 2.60. The van der Waals surface area contributed by atoms with E-state index in [2.05, 4.69) is 30.7 Å². The minimum Gasteiger partial charge on any atom is -0.386 e. The van der Waals surface area contributed by atoms with Crippen LogP contribution in [0.2, 0.25) is 0 Å². The van der Waals surface area contributed by atoms with E-state index in [0.717, 1.165) is 15.6 Å². The third kappa shape index (κ3) is 3.12. The lowest BCUT2D eigenvalue weighted by Gasteiger charge is -2.14. The van der Waals surface area contributed by atoms with Gasteiger partial charge in [-0.15, -0.1) is 22.7 Å². The summed E-state index contributed by atoms with van der Waals surface area (Å²) in [5.74, 6) is 0. The molecule has 0 saturated heterocycles. The van der Waals surface area contributed by atoms with Crippen molar-refractivity contribution in [2.24, 2.45) is 0 Å². The second-order valence-corrected chi connectivity index (χ2v) is 6.84. The quantitative estimate of drug-likeness (QED) is 0.930. The molecule has 0 aromatic carbocycles. The Morgan fingerprint density at radius 3 is 2.65 bits per heavy atom. The van der Waals surface area contributed by atoms with Crippen LogP contribution in [0.3, 0.4) is 0 Å². The highest BCUT2D eigenvalue weighted by Gasteiger charge is 2.20. The van der Waals surface area contributed by atoms with Crippen LogP contribution in [0.1, 0.15) is 42.5 Å². The molecule has 2 rings (SSSR count). The number of aliphatic hydroxyl groups excluding tert-OH is 1. The van der Waals surface area contributed by atoms with E-state index in [0.29, 0.717) is 6.42 Å². The van der Waals surface area contributed by atoms with Crippen LogP contribution in [-0.4, -0.2) is 15.1 Å². The van der Waals surface area contributed by atoms with Crippen molar-refractivity contribution >= 4 is 22.7 Å². The molecular weight excluding hydrogens is 252 g/mol. The van der Waals surface area contributed by atoms with Crippen molar-refractivity contribution in [3.05, 3.63) is 32.7 Å². The Morgan fingerprint density at radius 2 is 2.12 bits per heavy atom. The lowest BCUT2D eigenvalue weighted by Crippen LogP contribution is -2.11. The maximum atomic E-state index is 10.1. The smallest absolute Gasteiger partial charge is 0.102 e. The van der Waals surface area contributed by atoms with Crippen LogP contribution < -0.4 is 0 Å². The fourth-order valence-corrected chi connectivity index (χ4v) is 3.01. The average molecular weight is 268 g/mol. The molecule has 1 atom stereocenters. The van der Waals surface area contributed by atoms with Crippen molar-refractivity contribution in [1.82, 2.24) is 9.97 Å². The Bertz CT molecular complexity index is 471. The molecule has 0 amide bonds. The summed E-state index contributed by atoms with van der Waals surface area (Å²) in [5, 5.41) is 13.1. The van der Waals surface area contributed by atoms with Crippen LogP contribution >= 0.6 is 22.7 Å². The number of nitrogens with zero attached hydrogens (tertiary/aromatic N) is 2. The SMILES string of the molecule is CC(C)(C)c1nc(C(O)Cc2cncs2)cs1. The molecule has 0 aliphatic rings. The Balaban J connectivity index is 2.10. The highest BCUT2D eigenvalue weighted by molar-refractivity contribution is 7.10. The van der Waals surface area contributed by atoms with E-state index in [4.69, 9.17) is 0 Å². The Kier molecular flexibility index (Phi) is 3.61. The van der Waals surface area contributed by atoms with E-state index in [1.165, 1.54) is 0 Å². The Hall–Kier alpha value is -0.780. The van der Waals surface area contributed by atoms with Crippen LogP contribution in [0.15, 0.2) is 17.1 Å². The van der Waals surface area contributed by atoms with Crippen molar-refractivity contribution in [2.45, 2.75) is 38.7 Å². The molecule has 0 fully saturated rings. The van der Waals surface area contributed by atoms with Crippen molar-refractivity contribution in [3.8, 4) is 0 Å². The normalized spacial score (nSPS) is 13.9. The van der Waals surface area contributed by atoms with Gasteiger partial charge in [-0.05, 0) is 0 Å². The van der Waals surface area contributed by atoms with Crippen molar-refractivity contribution in [2.75, 3.05) is 0 Å². The molecule has 92 valence electrons. The Morgan fingerprint density at radius 1 is 1.35 bits per heavy atom. The summed E-state index contributed by atoms with van der Waals surface area (Å²) < 4.78 is 0. The molecule has 0 bridgehead atoms. The van der Waals surface area contributed by atoms with Gasteiger partial charge in [0.2, 0.25) is 0 Å². The minimum absolute atomic E-state index is 0.0487. The number of aliphatic hydroxyl groups is 1. The van der Waals surface area contributed by atoms with Gasteiger partial charge in [0.25, 0.3) is 0 Å². The van der Waals surface area contributed by atoms with Gasteiger partial charge >= 0.3 is 0 Å². The molecule has 17 heavy (non-hydrogen) atoms. The lowest BCUT2D eigenvalue weighted by atomic mass is 9.98. The summed E-state index contributed by atoms with van der Waals surface area (Å²) in [6, 6.07) is 0. The molecule has 2 heterocycles. The number of rotatable bonds is 3. The van der Waals surface area contributed by atoms with Gasteiger partial charge < -0.3 is 5.11 Å². The molecule has 2 aromatic rings. The zero-order valence-electron chi connectivity index (χ0n) is 10.2. The molecule has 0 aliphatic heterocycles. The van der Waals surface area contributed by atoms with E-state index >= 15 is 0 Å². The van der Waals surface area contributed by atoms with Crippen LogP contribution in [0.5, 0.6) is 0 Å². The zero-order chi connectivity index (χ0) is 12.5. The minimum atomic E-state index is -0.525. The first-order chi connectivity index (χ1) is 7.97. The van der Waals surface area contributed by atoms with E-state index in [1.807, 2.05) is 5.38 Å². The third-order valence-corrected chi connectivity index (χ3v) is 4.47. The first-order valence-electron chi connectivity index (χ1n) is 5.48. The number of aromatic nitrogens is 2. The topological polar surface area (TPSA) is 46.0 Å². The van der Waals surface area contributed by atoms with Gasteiger partial charge in [-0.2, -0.15) is 0 Å². The van der Waals surface area contributed by atoms with Crippen LogP contribution in [0.4, 0.5) is 0 Å². The fourth-order valence-electron chi connectivity index (χ4n) is 1.42. The van der Waals surface area contributed by atoms with E-state index < -0.39 is 6.10 Å². The second kappa shape index (κ2) is 4.84. The van der Waals surface area contributed by atoms with E-state index in [1.54, 1.807) is 34.4 Å². The van der Waals surface area contributed by atoms with Crippen LogP contribution in [0, 0.1) is 0 Å². The second-order valence-electron chi connectivity index (χ2n) is 5.02. The summed E-state index contributed by atoms with van der Waals surface area (Å²) in [7, 11) is 0. The van der Waals surface area contributed by atoms with Gasteiger partial charge in [-0.3, -0.25) is 4.98 Å². The maximum absolute atomic E-state index is 10.1. The standard InChI is InChI=1S/C12H16N2OS2/c1-12(2,3)11-14-9(6-16-11)10(15)4-8-5-13-7-17-8/h5-7,10,15H,4H2,1-3H3. The van der Waals surface area contributed by atoms with Crippen LogP contribution in [0.25, 0.3) is 0 Å². The molecule has 0 aliphatic carbocycles. The summed E-state index contributed by atoms with van der Waals surface area (Å²) in [6.45, 7) is 6.39. The van der Waals surface area contributed by atoms with Gasteiger partial charge in [-0.25, -0.2) is 4.98 Å². The third-order valence-electron chi connectivity index (χ3n) is 2.38. The van der Waals surface area contributed by atoms with E-state index in [-0.39, 0.29) is 5.41 Å². The van der Waals surface area contributed by atoms with Crippen molar-refractivity contribution < 1.29 is 5.11 Å². The molecule has 0 spiro atoms. The zero-order valence-corrected chi connectivity index (χ0v) is 11.8. The predicted octanol–water partition coefficient (Wildman–Crippen LogP) is 3.17. The number of hydrogen-bond donors (Lipinski definition) is 1. The van der Waals surface area contributed by atoms with Gasteiger partial charge in [-0.1, -0.05) is 20.8 Å². The van der Waals surface area contributed by atoms with Gasteiger partial charge in [0, 0.05) is 28.3 Å². The van der Waals surface area contributed by atoms with E-state index in [9.17, 15) is 5.11 Å². The summed E-state index contributed by atoms with van der Waals surface area (Å²) >= 11 is 3.18. The van der Waals surface area contributed by atoms with Gasteiger partial charge in [0.05, 0.1) is 16.2 Å². The van der Waals surface area contributed by atoms with Gasteiger partial charge in [0.15, 0.2) is 0 Å². The number of thiazole rings is 2. The number of hydrogen-bond acceptors (Lipinski definition) is 5. The van der Waals surface area contributed by atoms with Gasteiger partial charge in [0.1, 0.15) is 6.10 Å². The average Bonchev–Trinajstić information content (AvgIpc) is 2.85. The summed E-state index contributed by atoms with van der Waals surface area (Å²) in [6.07, 6.45) is 1.87. The molecule has 0 saturated carbocycles. The molecule has 3 nitrogen and oxygen atoms in total. The van der Waals surface area contributed by atoms with Crippen LogP contribution in [-0.2, 0) is 11.8 Å². The molecule has 1 N–H and O–H groups in total. The molecular formula is C12H16N2OS2. The molecule has 5 heteroatoms. The largest absolute Gasteiger partial charge is 0.386 e. The monoisotopic (exact) mass is 268 g/mol. The highest BCUT2D eigenvalue weighted by atomic mass is 32.1. The molecule has 0 radical (unpaired) electrons. The molecule has 2 aromatic heterocycles.